The molecule has 9 heteroatoms. The number of anilines is 1. The summed E-state index contributed by atoms with van der Waals surface area (Å²) in [6.45, 7) is 2.19. The van der Waals surface area contributed by atoms with Gasteiger partial charge in [0.1, 0.15) is 24.6 Å². The standard InChI is InChI=1S/C41H34ClN4O3S/c1-45(2)29-15-12-27(13-16-29)43-44-28-14-18-30-25(23-28)11-17-34-38(33-8-3-4-10-37(33)50(42,47)48)35-20-19-31-32-9-6-22-46-21-5-7-26(39(32)46)24-36(31)41(35)49-40(30)34/h3-4,8,10-20,23-24H,5-7,9,21-22H2,1-2H3/q+1. The SMILES string of the molecule is CN(C)c1ccc(N=Nc2ccc3c4c(ccc3c2)C(c2ccccc2S(=O)(=O)Cl)=c2ccc3c5c6c(cc3c2O4)CCC[N+]=6CCC5)cc1. The summed E-state index contributed by atoms with van der Waals surface area (Å²) in [5.41, 5.74) is 7.45. The molecule has 3 heterocycles. The van der Waals surface area contributed by atoms with E-state index in [1.54, 1.807) is 12.1 Å². The molecule has 0 aliphatic carbocycles. The molecule has 0 bridgehead atoms. The minimum absolute atomic E-state index is 0.0706. The first-order chi connectivity index (χ1) is 24.2. The van der Waals surface area contributed by atoms with E-state index in [1.165, 1.54) is 21.9 Å². The third-order valence-electron chi connectivity index (χ3n) is 10.2. The average molecular weight is 698 g/mol. The highest BCUT2D eigenvalue weighted by atomic mass is 35.7. The van der Waals surface area contributed by atoms with Gasteiger partial charge >= 0.3 is 0 Å². The van der Waals surface area contributed by atoms with Gasteiger partial charge in [-0.3, -0.25) is 0 Å². The van der Waals surface area contributed by atoms with Crippen LogP contribution in [0.15, 0.2) is 112 Å². The van der Waals surface area contributed by atoms with Crippen molar-refractivity contribution in [2.45, 2.75) is 30.6 Å². The highest BCUT2D eigenvalue weighted by Gasteiger charge is 2.30. The van der Waals surface area contributed by atoms with Crippen molar-refractivity contribution in [3.05, 3.63) is 130 Å². The van der Waals surface area contributed by atoms with Gasteiger partial charge in [0.05, 0.1) is 16.3 Å². The largest absolute Gasteiger partial charge is 0.455 e. The summed E-state index contributed by atoms with van der Waals surface area (Å²) in [5, 5.41) is 15.3. The third-order valence-corrected chi connectivity index (χ3v) is 11.6. The van der Waals surface area contributed by atoms with E-state index in [0.29, 0.717) is 17.0 Å². The molecule has 0 radical (unpaired) electrons. The minimum Gasteiger partial charge on any atom is -0.455 e. The van der Waals surface area contributed by atoms with Crippen LogP contribution >= 0.6 is 10.7 Å². The summed E-state index contributed by atoms with van der Waals surface area (Å²) in [7, 11) is 6.03. The Morgan fingerprint density at radius 2 is 1.48 bits per heavy atom. The number of rotatable bonds is 5. The van der Waals surface area contributed by atoms with Gasteiger partial charge in [-0.15, -0.1) is 0 Å². The molecule has 50 heavy (non-hydrogen) atoms. The Balaban J connectivity index is 1.27. The molecule has 0 atom stereocenters. The smallest absolute Gasteiger partial charge is 0.261 e. The van der Waals surface area contributed by atoms with Gasteiger partial charge in [0.15, 0.2) is 0 Å². The molecule has 0 saturated heterocycles. The van der Waals surface area contributed by atoms with Gasteiger partial charge in [0.2, 0.25) is 5.36 Å². The molecule has 248 valence electrons. The van der Waals surface area contributed by atoms with Crippen LogP contribution < -0.4 is 24.8 Å². The zero-order valence-corrected chi connectivity index (χ0v) is 29.4. The maximum absolute atomic E-state index is 13.0. The molecule has 0 aromatic heterocycles. The number of nitrogens with zero attached hydrogens (tertiary/aromatic N) is 4. The van der Waals surface area contributed by atoms with Crippen LogP contribution in [0.3, 0.4) is 0 Å². The van der Waals surface area contributed by atoms with E-state index in [-0.39, 0.29) is 4.90 Å². The summed E-state index contributed by atoms with van der Waals surface area (Å²) >= 11 is 0. The summed E-state index contributed by atoms with van der Waals surface area (Å²) in [6, 6.07) is 31.5. The normalized spacial score (nSPS) is 15.2. The van der Waals surface area contributed by atoms with Crippen LogP contribution in [0.4, 0.5) is 17.1 Å². The fraction of sp³-hybridized carbons (Fsp3) is 0.195. The summed E-state index contributed by atoms with van der Waals surface area (Å²) in [6.07, 6.45) is 4.30. The number of fused-ring (bicyclic) bond motifs is 7. The van der Waals surface area contributed by atoms with Crippen LogP contribution in [0, 0.1) is 0 Å². The van der Waals surface area contributed by atoms with E-state index in [9.17, 15) is 8.42 Å². The number of hydrogen-bond acceptors (Lipinski definition) is 6. The van der Waals surface area contributed by atoms with Crippen LogP contribution in [0.5, 0.6) is 11.5 Å². The van der Waals surface area contributed by atoms with Crippen LogP contribution in [-0.4, -0.2) is 35.6 Å². The molecule has 9 rings (SSSR count). The summed E-state index contributed by atoms with van der Waals surface area (Å²) in [4.78, 5) is 2.11. The summed E-state index contributed by atoms with van der Waals surface area (Å²) in [5.74, 6) is 1.42. The van der Waals surface area contributed by atoms with Crippen molar-refractivity contribution in [2.75, 3.05) is 32.1 Å². The van der Waals surface area contributed by atoms with Gasteiger partial charge in [0.25, 0.3) is 9.05 Å². The Morgan fingerprint density at radius 1 is 0.740 bits per heavy atom. The van der Waals surface area contributed by atoms with E-state index in [4.69, 9.17) is 15.4 Å². The molecular formula is C41H34ClN4O3S+. The molecule has 3 aliphatic heterocycles. The van der Waals surface area contributed by atoms with Crippen molar-refractivity contribution >= 4 is 63.9 Å². The van der Waals surface area contributed by atoms with Crippen molar-refractivity contribution in [2.24, 2.45) is 10.2 Å². The van der Waals surface area contributed by atoms with Gasteiger partial charge in [0, 0.05) is 87.1 Å². The maximum Gasteiger partial charge on any atom is 0.261 e. The molecule has 0 unspecified atom stereocenters. The molecule has 6 aromatic carbocycles. The number of aryl methyl sites for hydroxylation is 2. The zero-order chi connectivity index (χ0) is 34.1. The first-order valence-corrected chi connectivity index (χ1v) is 19.3. The van der Waals surface area contributed by atoms with Gasteiger partial charge in [-0.05, 0) is 90.3 Å². The monoisotopic (exact) mass is 697 g/mol. The fourth-order valence-electron chi connectivity index (χ4n) is 7.97. The second-order valence-corrected chi connectivity index (χ2v) is 16.0. The fourth-order valence-corrected chi connectivity index (χ4v) is 9.05. The van der Waals surface area contributed by atoms with E-state index in [1.807, 2.05) is 85.7 Å². The second-order valence-electron chi connectivity index (χ2n) is 13.5. The summed E-state index contributed by atoms with van der Waals surface area (Å²) < 4.78 is 35.5. The Kier molecular flexibility index (Phi) is 7.30. The van der Waals surface area contributed by atoms with Gasteiger partial charge in [-0.25, -0.2) is 13.0 Å². The number of azo groups is 1. The second kappa shape index (κ2) is 11.8. The van der Waals surface area contributed by atoms with Crippen molar-refractivity contribution in [1.29, 1.82) is 0 Å². The lowest BCUT2D eigenvalue weighted by molar-refractivity contribution is 0.478. The number of hydrogen-bond donors (Lipinski definition) is 0. The van der Waals surface area contributed by atoms with Crippen LogP contribution in [0.1, 0.15) is 35.1 Å². The molecule has 6 aromatic rings. The van der Waals surface area contributed by atoms with E-state index < -0.39 is 9.05 Å². The highest BCUT2D eigenvalue weighted by Crippen LogP contribution is 2.45. The topological polar surface area (TPSA) is 74.3 Å². The lowest BCUT2D eigenvalue weighted by Crippen LogP contribution is -2.43. The quantitative estimate of drug-likeness (QED) is 0.103. The number of benzene rings is 6. The lowest BCUT2D eigenvalue weighted by Gasteiger charge is -2.26. The average Bonchev–Trinajstić information content (AvgIpc) is 3.13. The first-order valence-electron chi connectivity index (χ1n) is 17.0. The first kappa shape index (κ1) is 31.0. The lowest BCUT2D eigenvalue weighted by atomic mass is 9.87. The molecule has 0 amide bonds. The highest BCUT2D eigenvalue weighted by molar-refractivity contribution is 8.13. The van der Waals surface area contributed by atoms with Crippen LogP contribution in [0.25, 0.3) is 27.1 Å². The molecule has 3 aliphatic rings. The molecule has 7 nitrogen and oxygen atoms in total. The predicted octanol–water partition coefficient (Wildman–Crippen LogP) is 8.14. The van der Waals surface area contributed by atoms with Crippen LogP contribution in [-0.2, 0) is 21.9 Å². The molecule has 0 spiro atoms. The number of halogens is 1. The molecule has 0 fully saturated rings. The Bertz CT molecular complexity index is 2680. The Hall–Kier alpha value is -5.05. The molecule has 0 saturated carbocycles. The van der Waals surface area contributed by atoms with Crippen molar-refractivity contribution in [3.8, 4) is 11.5 Å². The van der Waals surface area contributed by atoms with E-state index >= 15 is 0 Å². The van der Waals surface area contributed by atoms with E-state index in [0.717, 1.165) is 88.4 Å². The van der Waals surface area contributed by atoms with Gasteiger partial charge < -0.3 is 9.64 Å². The van der Waals surface area contributed by atoms with Gasteiger partial charge in [-0.1, -0.05) is 30.3 Å². The van der Waals surface area contributed by atoms with Crippen molar-refractivity contribution in [1.82, 2.24) is 4.58 Å². The maximum atomic E-state index is 13.0. The Labute approximate surface area is 294 Å². The number of ether oxygens (including phenoxy) is 1. The van der Waals surface area contributed by atoms with Crippen molar-refractivity contribution in [3.63, 3.8) is 0 Å². The Morgan fingerprint density at radius 3 is 2.28 bits per heavy atom. The van der Waals surface area contributed by atoms with Gasteiger partial charge in [-0.2, -0.15) is 10.2 Å². The zero-order valence-electron chi connectivity index (χ0n) is 27.8. The molecular weight excluding hydrogens is 664 g/mol. The van der Waals surface area contributed by atoms with E-state index in [2.05, 4.69) is 33.0 Å². The minimum atomic E-state index is -4.06. The van der Waals surface area contributed by atoms with Crippen LogP contribution in [0.2, 0.25) is 0 Å². The predicted molar refractivity (Wildman–Crippen MR) is 201 cm³/mol. The molecule has 0 N–H and O–H groups in total. The van der Waals surface area contributed by atoms with Crippen molar-refractivity contribution < 1.29 is 13.2 Å². The third kappa shape index (κ3) is 5.08.